The molecule has 0 saturated carbocycles. The number of fused-ring (bicyclic) bond motifs is 1. The fourth-order valence-electron chi connectivity index (χ4n) is 1.70. The van der Waals surface area contributed by atoms with Crippen LogP contribution < -0.4 is 14.8 Å². The summed E-state index contributed by atoms with van der Waals surface area (Å²) in [7, 11) is 0. The molecular weight excluding hydrogens is 260 g/mol. The number of benzene rings is 1. The van der Waals surface area contributed by atoms with Crippen molar-refractivity contribution in [1.29, 1.82) is 0 Å². The summed E-state index contributed by atoms with van der Waals surface area (Å²) in [5, 5.41) is 21.4. The van der Waals surface area contributed by atoms with Gasteiger partial charge < -0.3 is 25.0 Å². The molecule has 0 bridgehead atoms. The Hall–Kier alpha value is -1.44. The van der Waals surface area contributed by atoms with Crippen LogP contribution in [0.25, 0.3) is 0 Å². The van der Waals surface area contributed by atoms with Crippen LogP contribution in [0.3, 0.4) is 0 Å². The summed E-state index contributed by atoms with van der Waals surface area (Å²) in [4.78, 5) is 0. The first kappa shape index (κ1) is 14.0. The van der Waals surface area contributed by atoms with Crippen molar-refractivity contribution in [3.8, 4) is 11.5 Å². The molecule has 0 spiro atoms. The number of halogens is 2. The molecule has 1 aliphatic heterocycles. The van der Waals surface area contributed by atoms with Gasteiger partial charge in [0.05, 0.1) is 6.10 Å². The predicted molar refractivity (Wildman–Crippen MR) is 62.4 cm³/mol. The molecule has 2 unspecified atom stereocenters. The zero-order valence-corrected chi connectivity index (χ0v) is 10.1. The summed E-state index contributed by atoms with van der Waals surface area (Å²) in [6, 6.07) is 4.98. The third kappa shape index (κ3) is 3.52. The van der Waals surface area contributed by atoms with E-state index in [4.69, 9.17) is 14.6 Å². The van der Waals surface area contributed by atoms with E-state index in [-0.39, 0.29) is 19.9 Å². The second kappa shape index (κ2) is 6.14. The maximum atomic E-state index is 12.0. The first-order valence-electron chi connectivity index (χ1n) is 5.82. The number of hydrogen-bond acceptors (Lipinski definition) is 5. The van der Waals surface area contributed by atoms with E-state index >= 15 is 0 Å². The lowest BCUT2D eigenvalue weighted by molar-refractivity contribution is -0.00463. The standard InChI is InChI=1S/C12H15F2NO4/c13-12(14)9(17)5-15-4-8(16)7-1-2-10-11(3-7)19-6-18-10/h1-3,8-9,12,15-17H,4-6H2. The number of alkyl halides is 2. The van der Waals surface area contributed by atoms with Crippen LogP contribution in [0.1, 0.15) is 11.7 Å². The number of aliphatic hydroxyl groups excluding tert-OH is 2. The van der Waals surface area contributed by atoms with Gasteiger partial charge in [-0.3, -0.25) is 0 Å². The minimum atomic E-state index is -2.80. The van der Waals surface area contributed by atoms with Crippen molar-refractivity contribution >= 4 is 0 Å². The fraction of sp³-hybridized carbons (Fsp3) is 0.500. The lowest BCUT2D eigenvalue weighted by Crippen LogP contribution is -2.34. The second-order valence-corrected chi connectivity index (χ2v) is 4.19. The zero-order valence-electron chi connectivity index (χ0n) is 10.1. The second-order valence-electron chi connectivity index (χ2n) is 4.19. The Morgan fingerprint density at radius 3 is 2.63 bits per heavy atom. The Bertz CT molecular complexity index is 430. The van der Waals surface area contributed by atoms with E-state index < -0.39 is 18.6 Å². The molecule has 106 valence electrons. The summed E-state index contributed by atoms with van der Waals surface area (Å²) in [6.07, 6.45) is -5.40. The summed E-state index contributed by atoms with van der Waals surface area (Å²) >= 11 is 0. The highest BCUT2D eigenvalue weighted by atomic mass is 19.3. The van der Waals surface area contributed by atoms with Gasteiger partial charge in [-0.15, -0.1) is 0 Å². The molecule has 7 heteroatoms. The van der Waals surface area contributed by atoms with Gasteiger partial charge in [-0.25, -0.2) is 8.78 Å². The van der Waals surface area contributed by atoms with Crippen molar-refractivity contribution < 1.29 is 28.5 Å². The fourth-order valence-corrected chi connectivity index (χ4v) is 1.70. The largest absolute Gasteiger partial charge is 0.454 e. The molecule has 19 heavy (non-hydrogen) atoms. The van der Waals surface area contributed by atoms with Gasteiger partial charge in [0.2, 0.25) is 6.79 Å². The van der Waals surface area contributed by atoms with E-state index in [0.717, 1.165) is 0 Å². The SMILES string of the molecule is OC(CNCC(O)C(F)F)c1ccc2c(c1)OCO2. The van der Waals surface area contributed by atoms with Gasteiger partial charge in [0, 0.05) is 13.1 Å². The smallest absolute Gasteiger partial charge is 0.265 e. The van der Waals surface area contributed by atoms with Crippen molar-refractivity contribution in [2.24, 2.45) is 0 Å². The minimum absolute atomic E-state index is 0.0590. The molecule has 0 aromatic heterocycles. The summed E-state index contributed by atoms with van der Waals surface area (Å²) in [5.41, 5.74) is 0.586. The monoisotopic (exact) mass is 275 g/mol. The number of hydrogen-bond donors (Lipinski definition) is 3. The first-order chi connectivity index (χ1) is 9.08. The van der Waals surface area contributed by atoms with Crippen molar-refractivity contribution in [2.45, 2.75) is 18.6 Å². The number of rotatable bonds is 6. The Kier molecular flexibility index (Phi) is 4.52. The van der Waals surface area contributed by atoms with Crippen molar-refractivity contribution in [1.82, 2.24) is 5.32 Å². The molecule has 0 saturated heterocycles. The Morgan fingerprint density at radius 2 is 1.89 bits per heavy atom. The quantitative estimate of drug-likeness (QED) is 0.711. The predicted octanol–water partition coefficient (Wildman–Crippen LogP) is 0.664. The van der Waals surface area contributed by atoms with Crippen LogP contribution in [-0.2, 0) is 0 Å². The normalized spacial score (nSPS) is 16.7. The molecule has 0 aliphatic carbocycles. The summed E-state index contributed by atoms with van der Waals surface area (Å²) < 4.78 is 34.4. The molecule has 1 heterocycles. The lowest BCUT2D eigenvalue weighted by atomic mass is 10.1. The highest BCUT2D eigenvalue weighted by Gasteiger charge is 2.18. The molecule has 1 aliphatic rings. The Balaban J connectivity index is 1.84. The minimum Gasteiger partial charge on any atom is -0.454 e. The number of nitrogens with one attached hydrogen (secondary N) is 1. The van der Waals surface area contributed by atoms with Crippen molar-refractivity contribution in [3.63, 3.8) is 0 Å². The summed E-state index contributed by atoms with van der Waals surface area (Å²) in [6.45, 7) is -0.0730. The molecule has 3 N–H and O–H groups in total. The summed E-state index contributed by atoms with van der Waals surface area (Å²) in [5.74, 6) is 1.15. The topological polar surface area (TPSA) is 71.0 Å². The van der Waals surface area contributed by atoms with Crippen LogP contribution in [0.4, 0.5) is 8.78 Å². The number of aliphatic hydroxyl groups is 2. The third-order valence-corrected chi connectivity index (χ3v) is 2.76. The van der Waals surface area contributed by atoms with E-state index in [9.17, 15) is 13.9 Å². The molecular formula is C12H15F2NO4. The van der Waals surface area contributed by atoms with E-state index in [1.54, 1.807) is 18.2 Å². The van der Waals surface area contributed by atoms with Crippen LogP contribution in [0.5, 0.6) is 11.5 Å². The average molecular weight is 275 g/mol. The molecule has 5 nitrogen and oxygen atoms in total. The average Bonchev–Trinajstić information content (AvgIpc) is 2.85. The van der Waals surface area contributed by atoms with Gasteiger partial charge >= 0.3 is 0 Å². The van der Waals surface area contributed by atoms with Gasteiger partial charge in [0.25, 0.3) is 6.43 Å². The van der Waals surface area contributed by atoms with Crippen molar-refractivity contribution in [3.05, 3.63) is 23.8 Å². The van der Waals surface area contributed by atoms with E-state index in [1.807, 2.05) is 0 Å². The number of ether oxygens (including phenoxy) is 2. The molecule has 0 radical (unpaired) electrons. The molecule has 2 atom stereocenters. The van der Waals surface area contributed by atoms with Crippen molar-refractivity contribution in [2.75, 3.05) is 19.9 Å². The van der Waals surface area contributed by atoms with Crippen LogP contribution in [-0.4, -0.2) is 42.6 Å². The van der Waals surface area contributed by atoms with Gasteiger partial charge in [-0.05, 0) is 17.7 Å². The molecule has 0 fully saturated rings. The molecule has 1 aromatic carbocycles. The Morgan fingerprint density at radius 1 is 1.16 bits per heavy atom. The van der Waals surface area contributed by atoms with Gasteiger partial charge in [-0.2, -0.15) is 0 Å². The highest BCUT2D eigenvalue weighted by Crippen LogP contribution is 2.34. The van der Waals surface area contributed by atoms with Crippen LogP contribution in [0.15, 0.2) is 18.2 Å². The molecule has 2 rings (SSSR count). The van der Waals surface area contributed by atoms with Gasteiger partial charge in [-0.1, -0.05) is 6.07 Å². The van der Waals surface area contributed by atoms with E-state index in [0.29, 0.717) is 17.1 Å². The molecule has 1 aromatic rings. The van der Waals surface area contributed by atoms with Gasteiger partial charge in [0.1, 0.15) is 6.10 Å². The van der Waals surface area contributed by atoms with Gasteiger partial charge in [0.15, 0.2) is 11.5 Å². The lowest BCUT2D eigenvalue weighted by Gasteiger charge is -2.15. The van der Waals surface area contributed by atoms with Crippen LogP contribution in [0, 0.1) is 0 Å². The van der Waals surface area contributed by atoms with Crippen LogP contribution in [0.2, 0.25) is 0 Å². The maximum absolute atomic E-state index is 12.0. The maximum Gasteiger partial charge on any atom is 0.265 e. The van der Waals surface area contributed by atoms with E-state index in [2.05, 4.69) is 5.32 Å². The molecule has 0 amide bonds. The first-order valence-corrected chi connectivity index (χ1v) is 5.82. The van der Waals surface area contributed by atoms with E-state index in [1.165, 1.54) is 0 Å². The van der Waals surface area contributed by atoms with Crippen LogP contribution >= 0.6 is 0 Å². The third-order valence-electron chi connectivity index (χ3n) is 2.76. The highest BCUT2D eigenvalue weighted by molar-refractivity contribution is 5.45. The zero-order chi connectivity index (χ0) is 13.8. The Labute approximate surface area is 108 Å².